The maximum absolute atomic E-state index is 13.9. The summed E-state index contributed by atoms with van der Waals surface area (Å²) in [6.45, 7) is 1.40. The first-order valence-electron chi connectivity index (χ1n) is 18.7. The molecule has 0 unspecified atom stereocenters. The number of rotatable bonds is 10. The summed E-state index contributed by atoms with van der Waals surface area (Å²) in [7, 11) is 3.91. The molecule has 2 fully saturated rings. The van der Waals surface area contributed by atoms with E-state index in [2.05, 4.69) is 63.5 Å². The maximum Gasteiger partial charge on any atom is 0.245 e. The van der Waals surface area contributed by atoms with Crippen molar-refractivity contribution in [2.45, 2.75) is 50.2 Å². The van der Waals surface area contributed by atoms with Crippen LogP contribution >= 0.6 is 0 Å². The highest BCUT2D eigenvalue weighted by molar-refractivity contribution is 5.84. The lowest BCUT2D eigenvalue weighted by atomic mass is 10.0. The van der Waals surface area contributed by atoms with E-state index >= 15 is 0 Å². The molecule has 2 saturated heterocycles. The van der Waals surface area contributed by atoms with Crippen LogP contribution in [0.5, 0.6) is 0 Å². The second-order valence-corrected chi connectivity index (χ2v) is 14.5. The lowest BCUT2D eigenvalue weighted by molar-refractivity contribution is -0.137. The molecule has 4 aromatic carbocycles. The van der Waals surface area contributed by atoms with Gasteiger partial charge in [-0.05, 0) is 85.3 Å². The maximum atomic E-state index is 13.9. The van der Waals surface area contributed by atoms with Crippen molar-refractivity contribution in [2.24, 2.45) is 0 Å². The zero-order chi connectivity index (χ0) is 37.2. The Hall–Kier alpha value is -5.87. The number of imidazole rings is 2. The first-order valence-corrected chi connectivity index (χ1v) is 18.7. The Morgan fingerprint density at radius 2 is 1.20 bits per heavy atom. The van der Waals surface area contributed by atoms with Gasteiger partial charge in [0.1, 0.15) is 23.5 Å². The Morgan fingerprint density at radius 3 is 1.74 bits per heavy atom. The minimum atomic E-state index is -0.347. The highest BCUT2D eigenvalue weighted by atomic mass is 19.1. The number of carbonyl (C=O) groups is 2. The molecule has 2 aromatic heterocycles. The number of nitrogens with one attached hydrogen (secondary N) is 2. The number of likely N-dealkylation sites (tertiary alicyclic amines) is 2. The van der Waals surface area contributed by atoms with Crippen molar-refractivity contribution in [1.29, 1.82) is 0 Å². The molecule has 0 aliphatic carbocycles. The summed E-state index contributed by atoms with van der Waals surface area (Å²) in [6, 6.07) is 32.3. The molecule has 9 nitrogen and oxygen atoms in total. The molecule has 2 aliphatic heterocycles. The smallest absolute Gasteiger partial charge is 0.245 e. The van der Waals surface area contributed by atoms with E-state index in [1.54, 1.807) is 12.1 Å². The molecule has 6 aromatic rings. The van der Waals surface area contributed by atoms with E-state index in [-0.39, 0.29) is 42.2 Å². The van der Waals surface area contributed by atoms with E-state index in [0.29, 0.717) is 13.1 Å². The molecular formula is C44H44FN7O2. The van der Waals surface area contributed by atoms with Gasteiger partial charge in [-0.1, -0.05) is 91.0 Å². The van der Waals surface area contributed by atoms with Gasteiger partial charge in [-0.3, -0.25) is 14.5 Å². The van der Waals surface area contributed by atoms with Gasteiger partial charge in [-0.25, -0.2) is 14.4 Å². The van der Waals surface area contributed by atoms with E-state index in [9.17, 15) is 14.0 Å². The molecule has 0 bridgehead atoms. The molecule has 2 aliphatic rings. The van der Waals surface area contributed by atoms with Crippen molar-refractivity contribution in [3.05, 3.63) is 144 Å². The highest BCUT2D eigenvalue weighted by Gasteiger charge is 2.37. The summed E-state index contributed by atoms with van der Waals surface area (Å²) in [4.78, 5) is 49.4. The number of carbonyl (C=O) groups excluding carboxylic acids is 2. The fourth-order valence-corrected chi connectivity index (χ4v) is 7.99. The average molecular weight is 722 g/mol. The number of amides is 2. The summed E-state index contributed by atoms with van der Waals surface area (Å²) in [5.74, 6) is 1.42. The zero-order valence-electron chi connectivity index (χ0n) is 30.6. The van der Waals surface area contributed by atoms with Crippen LogP contribution in [0.1, 0.15) is 66.6 Å². The monoisotopic (exact) mass is 721 g/mol. The first kappa shape index (κ1) is 35.2. The van der Waals surface area contributed by atoms with Gasteiger partial charge in [-0.15, -0.1) is 0 Å². The molecule has 2 N–H and O–H groups in total. The van der Waals surface area contributed by atoms with E-state index in [1.807, 2.05) is 71.5 Å². The van der Waals surface area contributed by atoms with Crippen LogP contribution in [0.4, 0.5) is 4.39 Å². The number of benzene rings is 4. The van der Waals surface area contributed by atoms with Gasteiger partial charge in [0.05, 0.1) is 42.3 Å². The van der Waals surface area contributed by atoms with Crippen molar-refractivity contribution in [3.63, 3.8) is 0 Å². The Bertz CT molecular complexity index is 2210. The normalized spacial score (nSPS) is 17.7. The zero-order valence-corrected chi connectivity index (χ0v) is 30.6. The Kier molecular flexibility index (Phi) is 9.93. The fourth-order valence-electron chi connectivity index (χ4n) is 7.99. The number of halogens is 1. The number of aromatic nitrogens is 4. The SMILES string of the molecule is CN(C)[C@@H](C(=O)N1CCC[C@H]1c1ncc(-c2ccc(-c3ccc(-c4cnc([C@@H]5CCCN5C(=O)Cc5ccc(F)cc5)[nH]4)cc3)cc2)[nH]1)c1ccccc1. The van der Waals surface area contributed by atoms with Gasteiger partial charge in [0.2, 0.25) is 11.8 Å². The van der Waals surface area contributed by atoms with Crippen molar-refractivity contribution in [3.8, 4) is 33.6 Å². The number of nitrogens with zero attached hydrogens (tertiary/aromatic N) is 5. The Balaban J connectivity index is 0.917. The van der Waals surface area contributed by atoms with Crippen LogP contribution in [-0.2, 0) is 16.0 Å². The second-order valence-electron chi connectivity index (χ2n) is 14.5. The van der Waals surface area contributed by atoms with E-state index < -0.39 is 0 Å². The number of hydrogen-bond donors (Lipinski definition) is 2. The van der Waals surface area contributed by atoms with Crippen LogP contribution in [0.25, 0.3) is 33.6 Å². The number of hydrogen-bond acceptors (Lipinski definition) is 5. The molecule has 10 heteroatoms. The summed E-state index contributed by atoms with van der Waals surface area (Å²) < 4.78 is 13.3. The lowest BCUT2D eigenvalue weighted by Gasteiger charge is -2.31. The molecule has 2 amide bonds. The second kappa shape index (κ2) is 15.2. The molecule has 0 spiro atoms. The molecule has 3 atom stereocenters. The summed E-state index contributed by atoms with van der Waals surface area (Å²) in [5.41, 5.74) is 7.85. The fraction of sp³-hybridized carbons (Fsp3) is 0.273. The van der Waals surface area contributed by atoms with E-state index in [1.165, 1.54) is 12.1 Å². The number of H-pyrrole nitrogens is 2. The standard InChI is InChI=1S/C44H44FN7O2/c1-50(2)41(34-8-4-3-5-9-34)44(54)52-25-7-11-39(52)43-47-28-37(49-43)33-20-16-31(17-21-33)30-14-18-32(19-15-30)36-27-46-42(48-36)38-10-6-24-51(38)40(53)26-29-12-22-35(45)23-13-29/h3-5,8-9,12-23,27-28,38-39,41H,6-7,10-11,24-26H2,1-2H3,(H,46,48)(H,47,49)/t38-,39-,41+/m0/s1. The van der Waals surface area contributed by atoms with Crippen LogP contribution < -0.4 is 0 Å². The van der Waals surface area contributed by atoms with Gasteiger partial charge in [-0.2, -0.15) is 0 Å². The van der Waals surface area contributed by atoms with Crippen molar-refractivity contribution < 1.29 is 14.0 Å². The van der Waals surface area contributed by atoms with Crippen molar-refractivity contribution >= 4 is 11.8 Å². The van der Waals surface area contributed by atoms with E-state index in [0.717, 1.165) is 82.1 Å². The lowest BCUT2D eigenvalue weighted by Crippen LogP contribution is -2.40. The van der Waals surface area contributed by atoms with Gasteiger partial charge in [0.25, 0.3) is 0 Å². The van der Waals surface area contributed by atoms with Crippen LogP contribution in [0.2, 0.25) is 0 Å². The van der Waals surface area contributed by atoms with Crippen LogP contribution in [0.15, 0.2) is 116 Å². The molecule has 0 saturated carbocycles. The van der Waals surface area contributed by atoms with E-state index in [4.69, 9.17) is 4.98 Å². The van der Waals surface area contributed by atoms with Gasteiger partial charge in [0.15, 0.2) is 0 Å². The minimum absolute atomic E-state index is 0.0233. The summed E-state index contributed by atoms with van der Waals surface area (Å²) >= 11 is 0. The molecule has 0 radical (unpaired) electrons. The molecule has 274 valence electrons. The van der Waals surface area contributed by atoms with Gasteiger partial charge in [0, 0.05) is 13.1 Å². The Morgan fingerprint density at radius 1 is 0.704 bits per heavy atom. The number of likely N-dealkylation sites (N-methyl/N-ethyl adjacent to an activating group) is 1. The highest BCUT2D eigenvalue weighted by Crippen LogP contribution is 2.36. The third kappa shape index (κ3) is 7.21. The summed E-state index contributed by atoms with van der Waals surface area (Å²) in [6.07, 6.45) is 7.52. The molecule has 4 heterocycles. The van der Waals surface area contributed by atoms with Crippen molar-refractivity contribution in [1.82, 2.24) is 34.6 Å². The largest absolute Gasteiger partial charge is 0.340 e. The van der Waals surface area contributed by atoms with Crippen LogP contribution in [0, 0.1) is 5.82 Å². The third-order valence-electron chi connectivity index (χ3n) is 10.8. The Labute approximate surface area is 314 Å². The predicted octanol–water partition coefficient (Wildman–Crippen LogP) is 8.15. The molecule has 54 heavy (non-hydrogen) atoms. The van der Waals surface area contributed by atoms with Crippen molar-refractivity contribution in [2.75, 3.05) is 27.2 Å². The quantitative estimate of drug-likeness (QED) is 0.149. The topological polar surface area (TPSA) is 101 Å². The molecule has 8 rings (SSSR count). The van der Waals surface area contributed by atoms with Crippen LogP contribution in [-0.4, -0.2) is 73.6 Å². The molecular weight excluding hydrogens is 678 g/mol. The first-order chi connectivity index (χ1) is 26.3. The number of aromatic amines is 2. The average Bonchev–Trinajstić information content (AvgIpc) is 4.03. The van der Waals surface area contributed by atoms with Gasteiger partial charge < -0.3 is 19.8 Å². The van der Waals surface area contributed by atoms with Gasteiger partial charge >= 0.3 is 0 Å². The third-order valence-corrected chi connectivity index (χ3v) is 10.8. The predicted molar refractivity (Wildman–Crippen MR) is 207 cm³/mol. The van der Waals surface area contributed by atoms with Crippen LogP contribution in [0.3, 0.4) is 0 Å². The minimum Gasteiger partial charge on any atom is -0.340 e. The summed E-state index contributed by atoms with van der Waals surface area (Å²) in [5, 5.41) is 0.